The van der Waals surface area contributed by atoms with Crippen LogP contribution in [0.1, 0.15) is 49.3 Å². The minimum Gasteiger partial charge on any atom is -0.506 e. The summed E-state index contributed by atoms with van der Waals surface area (Å²) in [6.45, 7) is 3.69. The molecule has 6 N–H and O–H groups in total. The molecule has 1 aliphatic heterocycles. The molecule has 1 saturated heterocycles. The maximum Gasteiger partial charge on any atom is 0.411 e. The van der Waals surface area contributed by atoms with Gasteiger partial charge in [-0.3, -0.25) is 19.7 Å². The minimum atomic E-state index is -0.865. The number of benzene rings is 4. The van der Waals surface area contributed by atoms with Gasteiger partial charge in [-0.15, -0.1) is 0 Å². The summed E-state index contributed by atoms with van der Waals surface area (Å²) in [5, 5.41) is 30.6. The highest BCUT2D eigenvalue weighted by Crippen LogP contribution is 2.40. The lowest BCUT2D eigenvalue weighted by Crippen LogP contribution is -2.33. The molecular weight excluding hydrogens is 749 g/mol. The van der Waals surface area contributed by atoms with Gasteiger partial charge in [0, 0.05) is 81.9 Å². The molecule has 13 nitrogen and oxygen atoms in total. The number of aromatic nitrogens is 1. The van der Waals surface area contributed by atoms with Crippen molar-refractivity contribution < 1.29 is 29.3 Å². The van der Waals surface area contributed by atoms with E-state index in [0.29, 0.717) is 60.9 Å². The molecule has 1 unspecified atom stereocenters. The van der Waals surface area contributed by atoms with E-state index >= 15 is 0 Å². The number of phenolic OH excluding ortho intramolecular Hbond substituents is 1. The number of para-hydroxylation sites is 1. The average Bonchev–Trinajstić information content (AvgIpc) is 3.79. The lowest BCUT2D eigenvalue weighted by atomic mass is 10.0. The Bertz CT molecular complexity index is 2290. The zero-order chi connectivity index (χ0) is 41.3. The molecule has 4 atom stereocenters. The summed E-state index contributed by atoms with van der Waals surface area (Å²) in [6, 6.07) is 31.2. The number of pyridine rings is 1. The molecule has 0 spiro atoms. The minimum absolute atomic E-state index is 0.0561. The van der Waals surface area contributed by atoms with Gasteiger partial charge in [-0.05, 0) is 78.1 Å². The zero-order valence-corrected chi connectivity index (χ0v) is 33.2. The number of H-pyrrole nitrogens is 1. The number of carbonyl (C=O) groups is 3. The maximum absolute atomic E-state index is 12.9. The quantitative estimate of drug-likeness (QED) is 0.0674. The van der Waals surface area contributed by atoms with Crippen molar-refractivity contribution in [3.05, 3.63) is 125 Å². The molecular formula is C46H52N6O7. The SMILES string of the molecule is CN(CCCC(=O)Nc1ccc(CNC[C@H](O)c2ccc(O)c3[nH]c(=O)ccc23)cc1)C(=O)CCN1C[C@H]2CC(OC(=O)Nc3ccccc3-c3ccccc3)C[C@H]2C1. The Morgan fingerprint density at radius 2 is 1.61 bits per heavy atom. The zero-order valence-electron chi connectivity index (χ0n) is 33.2. The number of aromatic amines is 1. The number of carbonyl (C=O) groups excluding carboxylic acids is 3. The Hall–Kier alpha value is -6.02. The van der Waals surface area contributed by atoms with Crippen LogP contribution in [0.25, 0.3) is 22.0 Å². The van der Waals surface area contributed by atoms with Crippen LogP contribution in [0, 0.1) is 11.8 Å². The number of hydrogen-bond donors (Lipinski definition) is 6. The normalized spacial score (nSPS) is 18.0. The van der Waals surface area contributed by atoms with Gasteiger partial charge in [-0.25, -0.2) is 4.79 Å². The molecule has 2 aliphatic rings. The van der Waals surface area contributed by atoms with Gasteiger partial charge < -0.3 is 40.4 Å². The molecule has 1 aromatic heterocycles. The van der Waals surface area contributed by atoms with Crippen LogP contribution in [0.2, 0.25) is 0 Å². The Labute approximate surface area is 343 Å². The van der Waals surface area contributed by atoms with E-state index in [1.165, 1.54) is 12.1 Å². The monoisotopic (exact) mass is 800 g/mol. The van der Waals surface area contributed by atoms with Crippen molar-refractivity contribution in [3.63, 3.8) is 0 Å². The standard InChI is InChI=1S/C46H52N6O7/c1-51(22-7-12-42(55)48-34-15-13-30(14-16-34)26-47-27-41(54)37-17-19-40(53)45-38(37)18-20-43(56)50-45)44(57)21-23-52-28-32-24-35(25-33(32)29-52)59-46(58)49-39-11-6-5-10-36(39)31-8-3-2-4-9-31/h2-6,8-11,13-20,32-33,35,41,47,53-54H,7,12,21-29H2,1H3,(H,48,55)(H,49,58)(H,50,56)/t32-,33+,35?,41-/m0/s1. The van der Waals surface area contributed by atoms with Crippen LogP contribution in [0.5, 0.6) is 5.75 Å². The molecule has 59 heavy (non-hydrogen) atoms. The number of aliphatic hydroxyl groups is 1. The fourth-order valence-corrected chi connectivity index (χ4v) is 8.36. The number of aliphatic hydroxyl groups excluding tert-OH is 1. The lowest BCUT2D eigenvalue weighted by Gasteiger charge is -2.21. The molecule has 1 saturated carbocycles. The average molecular weight is 801 g/mol. The highest BCUT2D eigenvalue weighted by atomic mass is 16.6. The van der Waals surface area contributed by atoms with Crippen molar-refractivity contribution in [1.82, 2.24) is 20.1 Å². The van der Waals surface area contributed by atoms with Crippen LogP contribution in [0.4, 0.5) is 16.2 Å². The summed E-state index contributed by atoms with van der Waals surface area (Å²) >= 11 is 0. The van der Waals surface area contributed by atoms with Crippen LogP contribution >= 0.6 is 0 Å². The Morgan fingerprint density at radius 3 is 2.37 bits per heavy atom. The number of aromatic hydroxyl groups is 1. The van der Waals surface area contributed by atoms with Crippen molar-refractivity contribution >= 4 is 40.2 Å². The van der Waals surface area contributed by atoms with E-state index in [0.717, 1.165) is 48.3 Å². The molecule has 2 heterocycles. The van der Waals surface area contributed by atoms with Gasteiger partial charge in [-0.2, -0.15) is 0 Å². The van der Waals surface area contributed by atoms with E-state index in [-0.39, 0.29) is 47.7 Å². The first-order valence-corrected chi connectivity index (χ1v) is 20.3. The number of likely N-dealkylation sites (tertiary alicyclic amines) is 1. The van der Waals surface area contributed by atoms with Gasteiger partial charge in [0.05, 0.1) is 17.3 Å². The van der Waals surface area contributed by atoms with Crippen molar-refractivity contribution in [2.75, 3.05) is 50.4 Å². The Kier molecular flexibility index (Phi) is 13.4. The Balaban J connectivity index is 0.753. The second-order valence-electron chi connectivity index (χ2n) is 15.7. The third-order valence-electron chi connectivity index (χ3n) is 11.4. The maximum atomic E-state index is 12.9. The molecule has 4 aromatic carbocycles. The van der Waals surface area contributed by atoms with Crippen LogP contribution in [-0.4, -0.2) is 88.8 Å². The number of ether oxygens (including phenoxy) is 1. The summed E-state index contributed by atoms with van der Waals surface area (Å²) in [4.78, 5) is 56.8. The summed E-state index contributed by atoms with van der Waals surface area (Å²) in [6.07, 6.45) is 1.48. The number of nitrogens with one attached hydrogen (secondary N) is 4. The second-order valence-corrected chi connectivity index (χ2v) is 15.7. The van der Waals surface area contributed by atoms with Crippen molar-refractivity contribution in [2.45, 2.75) is 50.9 Å². The van der Waals surface area contributed by atoms with E-state index in [4.69, 9.17) is 4.74 Å². The molecule has 13 heteroatoms. The van der Waals surface area contributed by atoms with Gasteiger partial charge in [0.15, 0.2) is 0 Å². The number of hydrogen-bond acceptors (Lipinski definition) is 9. The highest BCUT2D eigenvalue weighted by molar-refractivity contribution is 5.92. The number of fused-ring (bicyclic) bond motifs is 2. The van der Waals surface area contributed by atoms with Gasteiger partial charge in [0.25, 0.3) is 0 Å². The number of rotatable bonds is 16. The number of anilines is 2. The van der Waals surface area contributed by atoms with Crippen LogP contribution < -0.4 is 21.5 Å². The number of nitrogens with zero attached hydrogens (tertiary/aromatic N) is 2. The topological polar surface area (TPSA) is 176 Å². The predicted octanol–water partition coefficient (Wildman–Crippen LogP) is 6.25. The molecule has 1 aliphatic carbocycles. The molecule has 3 amide bonds. The van der Waals surface area contributed by atoms with Gasteiger partial charge in [0.2, 0.25) is 17.4 Å². The molecule has 7 rings (SSSR count). The summed E-state index contributed by atoms with van der Waals surface area (Å²) in [5.41, 5.74) is 4.88. The molecule has 0 bridgehead atoms. The van der Waals surface area contributed by atoms with Crippen molar-refractivity contribution in [2.24, 2.45) is 11.8 Å². The van der Waals surface area contributed by atoms with E-state index in [1.54, 1.807) is 24.1 Å². The first-order chi connectivity index (χ1) is 28.6. The fourth-order valence-electron chi connectivity index (χ4n) is 8.36. The van der Waals surface area contributed by atoms with Crippen LogP contribution in [-0.2, 0) is 20.9 Å². The molecule has 308 valence electrons. The largest absolute Gasteiger partial charge is 0.506 e. The first kappa shape index (κ1) is 41.2. The van der Waals surface area contributed by atoms with Crippen molar-refractivity contribution in [1.29, 1.82) is 0 Å². The fraction of sp³-hybridized carbons (Fsp3) is 0.348. The van der Waals surface area contributed by atoms with E-state index in [2.05, 4.69) is 25.8 Å². The highest BCUT2D eigenvalue weighted by Gasteiger charge is 2.42. The van der Waals surface area contributed by atoms with Gasteiger partial charge >= 0.3 is 6.09 Å². The van der Waals surface area contributed by atoms with Crippen LogP contribution in [0.3, 0.4) is 0 Å². The van der Waals surface area contributed by atoms with Crippen LogP contribution in [0.15, 0.2) is 108 Å². The van der Waals surface area contributed by atoms with E-state index in [9.17, 15) is 29.4 Å². The van der Waals surface area contributed by atoms with E-state index in [1.807, 2.05) is 78.9 Å². The summed E-state index contributed by atoms with van der Waals surface area (Å²) in [7, 11) is 1.78. The molecule has 5 aromatic rings. The first-order valence-electron chi connectivity index (χ1n) is 20.3. The number of amides is 3. The predicted molar refractivity (Wildman–Crippen MR) is 228 cm³/mol. The molecule has 2 fully saturated rings. The smallest absolute Gasteiger partial charge is 0.411 e. The number of phenols is 1. The summed E-state index contributed by atoms with van der Waals surface area (Å²) < 4.78 is 5.87. The summed E-state index contributed by atoms with van der Waals surface area (Å²) in [5.74, 6) is 0.759. The van der Waals surface area contributed by atoms with E-state index < -0.39 is 12.2 Å². The Morgan fingerprint density at radius 1 is 0.881 bits per heavy atom. The van der Waals surface area contributed by atoms with Gasteiger partial charge in [-0.1, -0.05) is 66.7 Å². The second kappa shape index (κ2) is 19.2. The molecule has 0 radical (unpaired) electrons. The van der Waals surface area contributed by atoms with Crippen molar-refractivity contribution in [3.8, 4) is 16.9 Å². The third-order valence-corrected chi connectivity index (χ3v) is 11.4. The lowest BCUT2D eigenvalue weighted by molar-refractivity contribution is -0.130. The third kappa shape index (κ3) is 10.7. The van der Waals surface area contributed by atoms with Gasteiger partial charge in [0.1, 0.15) is 11.9 Å².